The predicted octanol–water partition coefficient (Wildman–Crippen LogP) is 3.47. The highest BCUT2D eigenvalue weighted by molar-refractivity contribution is 6.06. The minimum atomic E-state index is -0.108. The molecule has 1 aromatic carbocycles. The third kappa shape index (κ3) is 4.97. The number of hydrogen-bond donors (Lipinski definition) is 2. The van der Waals surface area contributed by atoms with E-state index in [1.165, 1.54) is 0 Å². The molecule has 0 fully saturated rings. The van der Waals surface area contributed by atoms with Crippen molar-refractivity contribution in [3.05, 3.63) is 48.2 Å². The summed E-state index contributed by atoms with van der Waals surface area (Å²) < 4.78 is 1.85. The molecule has 0 bridgehead atoms. The van der Waals surface area contributed by atoms with Gasteiger partial charge in [-0.1, -0.05) is 30.3 Å². The van der Waals surface area contributed by atoms with Gasteiger partial charge in [0.25, 0.3) is 5.91 Å². The molecule has 3 rings (SSSR count). The molecule has 0 saturated carbocycles. The number of pyridine rings is 1. The summed E-state index contributed by atoms with van der Waals surface area (Å²) in [5, 5.41) is 11.2. The second-order valence-corrected chi connectivity index (χ2v) is 6.20. The first-order chi connectivity index (χ1) is 12.1. The average Bonchev–Trinajstić information content (AvgIpc) is 3.06. The molecule has 0 atom stereocenters. The number of carbonyl (C=O) groups excluding carboxylic acids is 1. The zero-order valence-electron chi connectivity index (χ0n) is 15.6. The van der Waals surface area contributed by atoms with Crippen LogP contribution in [0.25, 0.3) is 22.3 Å². The van der Waals surface area contributed by atoms with Gasteiger partial charge in [-0.25, -0.2) is 9.67 Å². The van der Waals surface area contributed by atoms with Crippen molar-refractivity contribution in [1.82, 2.24) is 25.4 Å². The van der Waals surface area contributed by atoms with E-state index in [1.807, 2.05) is 48.1 Å². The van der Waals surface area contributed by atoms with Crippen LogP contribution in [0.3, 0.4) is 0 Å². The molecular formula is C19H25Cl2N5O. The summed E-state index contributed by atoms with van der Waals surface area (Å²) in [4.78, 5) is 17.5. The molecule has 1 amide bonds. The van der Waals surface area contributed by atoms with Gasteiger partial charge in [0.2, 0.25) is 0 Å². The van der Waals surface area contributed by atoms with Gasteiger partial charge in [0, 0.05) is 24.7 Å². The number of nitrogens with one attached hydrogen (secondary N) is 2. The molecule has 6 nitrogen and oxygen atoms in total. The maximum atomic E-state index is 12.7. The molecule has 0 radical (unpaired) electrons. The quantitative estimate of drug-likeness (QED) is 0.611. The van der Waals surface area contributed by atoms with Gasteiger partial charge in [0.15, 0.2) is 5.65 Å². The number of rotatable bonds is 6. The van der Waals surface area contributed by atoms with E-state index in [-0.39, 0.29) is 36.8 Å². The van der Waals surface area contributed by atoms with Crippen molar-refractivity contribution in [3.8, 4) is 11.3 Å². The van der Waals surface area contributed by atoms with Crippen LogP contribution in [0, 0.1) is 0 Å². The SMILES string of the molecule is CNCCNC(=O)c1cc(-c2ccccc2)nc2c1cnn2C(C)C.Cl.Cl. The lowest BCUT2D eigenvalue weighted by Crippen LogP contribution is -2.30. The van der Waals surface area contributed by atoms with E-state index in [0.717, 1.165) is 28.8 Å². The van der Waals surface area contributed by atoms with Gasteiger partial charge in [0.05, 0.1) is 22.8 Å². The third-order valence-corrected chi connectivity index (χ3v) is 4.03. The van der Waals surface area contributed by atoms with Crippen molar-refractivity contribution in [3.63, 3.8) is 0 Å². The number of halogens is 2. The zero-order chi connectivity index (χ0) is 17.8. The normalized spacial score (nSPS) is 10.4. The van der Waals surface area contributed by atoms with E-state index in [1.54, 1.807) is 6.20 Å². The Balaban J connectivity index is 0.00000182. The fraction of sp³-hybridized carbons (Fsp3) is 0.316. The van der Waals surface area contributed by atoms with E-state index in [0.29, 0.717) is 12.1 Å². The van der Waals surface area contributed by atoms with Crippen molar-refractivity contribution in [2.24, 2.45) is 0 Å². The molecule has 3 aromatic rings. The number of benzene rings is 1. The standard InChI is InChI=1S/C19H23N5O.2ClH/c1-13(2)24-18-16(12-22-24)15(19(25)21-10-9-20-3)11-17(23-18)14-7-5-4-6-8-14;;/h4-8,11-13,20H,9-10H2,1-3H3,(H,21,25);2*1H. The number of carbonyl (C=O) groups is 1. The van der Waals surface area contributed by atoms with Crippen LogP contribution in [0.2, 0.25) is 0 Å². The van der Waals surface area contributed by atoms with Crippen LogP contribution in [0.15, 0.2) is 42.6 Å². The van der Waals surface area contributed by atoms with Crippen LogP contribution in [-0.2, 0) is 0 Å². The highest BCUT2D eigenvalue weighted by atomic mass is 35.5. The smallest absolute Gasteiger partial charge is 0.252 e. The van der Waals surface area contributed by atoms with Gasteiger partial charge in [0.1, 0.15) is 0 Å². The molecule has 2 heterocycles. The van der Waals surface area contributed by atoms with Crippen molar-refractivity contribution in [2.75, 3.05) is 20.1 Å². The minimum Gasteiger partial charge on any atom is -0.351 e. The monoisotopic (exact) mass is 409 g/mol. The van der Waals surface area contributed by atoms with E-state index in [9.17, 15) is 4.79 Å². The molecule has 0 saturated heterocycles. The molecule has 2 N–H and O–H groups in total. The first-order valence-electron chi connectivity index (χ1n) is 8.48. The molecule has 0 spiro atoms. The van der Waals surface area contributed by atoms with Crippen molar-refractivity contribution in [2.45, 2.75) is 19.9 Å². The number of likely N-dealkylation sites (N-methyl/N-ethyl adjacent to an activating group) is 1. The molecule has 0 unspecified atom stereocenters. The Hall–Kier alpha value is -2.15. The van der Waals surface area contributed by atoms with Gasteiger partial charge in [-0.05, 0) is 27.0 Å². The summed E-state index contributed by atoms with van der Waals surface area (Å²) in [5.74, 6) is -0.108. The Morgan fingerprint density at radius 2 is 1.85 bits per heavy atom. The number of amides is 1. The molecule has 0 aliphatic carbocycles. The lowest BCUT2D eigenvalue weighted by atomic mass is 10.1. The third-order valence-electron chi connectivity index (χ3n) is 4.03. The van der Waals surface area contributed by atoms with Crippen LogP contribution < -0.4 is 10.6 Å². The largest absolute Gasteiger partial charge is 0.351 e. The van der Waals surface area contributed by atoms with E-state index in [2.05, 4.69) is 29.6 Å². The first kappa shape index (κ1) is 22.9. The van der Waals surface area contributed by atoms with Crippen LogP contribution in [0.5, 0.6) is 0 Å². The summed E-state index contributed by atoms with van der Waals surface area (Å²) >= 11 is 0. The summed E-state index contributed by atoms with van der Waals surface area (Å²) in [5.41, 5.74) is 3.08. The topological polar surface area (TPSA) is 71.8 Å². The summed E-state index contributed by atoms with van der Waals surface area (Å²) in [6, 6.07) is 11.9. The van der Waals surface area contributed by atoms with E-state index in [4.69, 9.17) is 4.98 Å². The van der Waals surface area contributed by atoms with Crippen LogP contribution >= 0.6 is 24.8 Å². The number of aromatic nitrogens is 3. The Labute approximate surface area is 171 Å². The Kier molecular flexibility index (Phi) is 8.69. The zero-order valence-corrected chi connectivity index (χ0v) is 17.2. The van der Waals surface area contributed by atoms with Crippen LogP contribution in [0.1, 0.15) is 30.2 Å². The summed E-state index contributed by atoms with van der Waals surface area (Å²) in [6.07, 6.45) is 1.73. The Bertz CT molecular complexity index is 880. The molecule has 2 aromatic heterocycles. The maximum absolute atomic E-state index is 12.7. The lowest BCUT2D eigenvalue weighted by molar-refractivity contribution is 0.0955. The second kappa shape index (κ2) is 10.3. The first-order valence-corrected chi connectivity index (χ1v) is 8.48. The minimum absolute atomic E-state index is 0. The van der Waals surface area contributed by atoms with Gasteiger partial charge < -0.3 is 10.6 Å². The molecule has 0 aliphatic rings. The Morgan fingerprint density at radius 1 is 1.15 bits per heavy atom. The van der Waals surface area contributed by atoms with Gasteiger partial charge in [-0.15, -0.1) is 24.8 Å². The molecule has 27 heavy (non-hydrogen) atoms. The fourth-order valence-electron chi connectivity index (χ4n) is 2.74. The Morgan fingerprint density at radius 3 is 2.48 bits per heavy atom. The molecule has 8 heteroatoms. The molecule has 0 aliphatic heterocycles. The summed E-state index contributed by atoms with van der Waals surface area (Å²) in [7, 11) is 1.86. The van der Waals surface area contributed by atoms with Crippen LogP contribution in [0.4, 0.5) is 0 Å². The number of nitrogens with zero attached hydrogens (tertiary/aromatic N) is 3. The predicted molar refractivity (Wildman–Crippen MR) is 114 cm³/mol. The molecule has 146 valence electrons. The van der Waals surface area contributed by atoms with Crippen molar-refractivity contribution >= 4 is 41.8 Å². The van der Waals surface area contributed by atoms with Gasteiger partial charge >= 0.3 is 0 Å². The maximum Gasteiger partial charge on any atom is 0.252 e. The van der Waals surface area contributed by atoms with Gasteiger partial charge in [-0.2, -0.15) is 5.10 Å². The fourth-order valence-corrected chi connectivity index (χ4v) is 2.74. The van der Waals surface area contributed by atoms with E-state index >= 15 is 0 Å². The van der Waals surface area contributed by atoms with Crippen LogP contribution in [-0.4, -0.2) is 40.8 Å². The van der Waals surface area contributed by atoms with Crippen molar-refractivity contribution in [1.29, 1.82) is 0 Å². The van der Waals surface area contributed by atoms with Gasteiger partial charge in [-0.3, -0.25) is 4.79 Å². The summed E-state index contributed by atoms with van der Waals surface area (Å²) in [6.45, 7) is 5.39. The van der Waals surface area contributed by atoms with E-state index < -0.39 is 0 Å². The highest BCUT2D eigenvalue weighted by Crippen LogP contribution is 2.26. The molecular weight excluding hydrogens is 385 g/mol. The average molecular weight is 410 g/mol. The number of fused-ring (bicyclic) bond motifs is 1. The second-order valence-electron chi connectivity index (χ2n) is 6.20. The van der Waals surface area contributed by atoms with Crippen molar-refractivity contribution < 1.29 is 4.79 Å². The number of hydrogen-bond acceptors (Lipinski definition) is 4. The highest BCUT2D eigenvalue weighted by Gasteiger charge is 2.18. The lowest BCUT2D eigenvalue weighted by Gasteiger charge is -2.11.